The second-order valence-corrected chi connectivity index (χ2v) is 4.24. The monoisotopic (exact) mass is 292 g/mol. The zero-order valence-corrected chi connectivity index (χ0v) is 11.4. The number of aliphatic carboxylic acids is 1. The van der Waals surface area contributed by atoms with Crippen molar-refractivity contribution in [2.24, 2.45) is 4.99 Å². The van der Waals surface area contributed by atoms with Gasteiger partial charge in [-0.1, -0.05) is 0 Å². The molecule has 0 aliphatic rings. The lowest BCUT2D eigenvalue weighted by molar-refractivity contribution is -0.146. The minimum Gasteiger partial charge on any atom is -0.479 e. The number of hydrogen-bond acceptors (Lipinski definition) is 4. The molecule has 0 heterocycles. The number of nitrogens with zero attached hydrogens (tertiary/aromatic N) is 3. The number of hydrogen-bond donors (Lipinski definition) is 2. The number of amides is 1. The van der Waals surface area contributed by atoms with E-state index in [-0.39, 0.29) is 11.3 Å². The number of carboxylic acids is 1. The molecule has 0 saturated carbocycles. The quantitative estimate of drug-likeness (QED) is 0.481. The van der Waals surface area contributed by atoms with Crippen LogP contribution in [0, 0.1) is 11.3 Å². The number of alkyl halides is 1. The van der Waals surface area contributed by atoms with Gasteiger partial charge in [0.25, 0.3) is 12.1 Å². The van der Waals surface area contributed by atoms with Crippen LogP contribution in [0.2, 0.25) is 0 Å². The third-order valence-electron chi connectivity index (χ3n) is 2.26. The van der Waals surface area contributed by atoms with Crippen LogP contribution in [0.15, 0.2) is 23.2 Å². The molecule has 8 heteroatoms. The Hall–Kier alpha value is -2.95. The van der Waals surface area contributed by atoms with Crippen LogP contribution in [0.4, 0.5) is 15.8 Å². The summed E-state index contributed by atoms with van der Waals surface area (Å²) in [7, 11) is 3.52. The lowest BCUT2D eigenvalue weighted by atomic mass is 10.1. The summed E-state index contributed by atoms with van der Waals surface area (Å²) in [5.74, 6) is -3.18. The molecule has 7 nitrogen and oxygen atoms in total. The molecule has 0 fully saturated rings. The van der Waals surface area contributed by atoms with E-state index in [4.69, 9.17) is 10.4 Å². The molecule has 0 radical (unpaired) electrons. The number of carbonyl (C=O) groups excluding carboxylic acids is 1. The molecule has 0 spiro atoms. The number of halogens is 1. The van der Waals surface area contributed by atoms with Crippen LogP contribution in [0.1, 0.15) is 5.56 Å². The lowest BCUT2D eigenvalue weighted by Crippen LogP contribution is -2.31. The Bertz CT molecular complexity index is 622. The molecule has 1 amide bonds. The van der Waals surface area contributed by atoms with E-state index in [9.17, 15) is 14.0 Å². The predicted molar refractivity (Wildman–Crippen MR) is 74.2 cm³/mol. The zero-order valence-electron chi connectivity index (χ0n) is 11.4. The van der Waals surface area contributed by atoms with Crippen molar-refractivity contribution in [1.29, 1.82) is 5.26 Å². The smallest absolute Gasteiger partial charge is 0.348 e. The third kappa shape index (κ3) is 4.58. The first-order valence-electron chi connectivity index (χ1n) is 5.77. The van der Waals surface area contributed by atoms with E-state index < -0.39 is 18.0 Å². The fourth-order valence-electron chi connectivity index (χ4n) is 1.31. The number of rotatable bonds is 5. The first-order chi connectivity index (χ1) is 9.85. The van der Waals surface area contributed by atoms with E-state index in [2.05, 4.69) is 10.3 Å². The van der Waals surface area contributed by atoms with Gasteiger partial charge in [-0.3, -0.25) is 4.79 Å². The Morgan fingerprint density at radius 1 is 1.52 bits per heavy atom. The maximum atomic E-state index is 13.0. The van der Waals surface area contributed by atoms with Gasteiger partial charge in [0, 0.05) is 19.8 Å². The summed E-state index contributed by atoms with van der Waals surface area (Å²) in [4.78, 5) is 27.3. The fourth-order valence-corrected chi connectivity index (χ4v) is 1.31. The Balaban J connectivity index is 2.96. The second-order valence-electron chi connectivity index (χ2n) is 4.24. The molecule has 1 aromatic carbocycles. The molecule has 0 aliphatic heterocycles. The second kappa shape index (κ2) is 7.00. The van der Waals surface area contributed by atoms with Crippen molar-refractivity contribution in [3.63, 3.8) is 0 Å². The van der Waals surface area contributed by atoms with Crippen LogP contribution in [0.5, 0.6) is 0 Å². The van der Waals surface area contributed by atoms with Gasteiger partial charge in [0.05, 0.1) is 17.6 Å². The first-order valence-corrected chi connectivity index (χ1v) is 5.77. The fraction of sp³-hybridized carbons (Fsp3) is 0.231. The highest BCUT2D eigenvalue weighted by molar-refractivity contribution is 6.06. The Morgan fingerprint density at radius 2 is 2.19 bits per heavy atom. The highest BCUT2D eigenvalue weighted by Gasteiger charge is 2.25. The van der Waals surface area contributed by atoms with E-state index in [1.165, 1.54) is 24.5 Å². The number of carbonyl (C=O) groups is 2. The topological polar surface area (TPSA) is 106 Å². The minimum atomic E-state index is -2.66. The largest absolute Gasteiger partial charge is 0.479 e. The Labute approximate surface area is 120 Å². The van der Waals surface area contributed by atoms with Gasteiger partial charge < -0.3 is 15.3 Å². The summed E-state index contributed by atoms with van der Waals surface area (Å²) in [6, 6.07) is 6.04. The SMILES string of the molecule is CN(C)C=Nc1ccc(NC(=O)C(F)C(=O)O)cc1C#N. The number of anilines is 1. The molecule has 110 valence electrons. The van der Waals surface area contributed by atoms with E-state index in [0.29, 0.717) is 5.69 Å². The standard InChI is InChI=1S/C13H13FN4O3/c1-18(2)7-16-10-4-3-9(5-8(10)6-15)17-12(19)11(14)13(20)21/h3-5,7,11H,1-2H3,(H,17,19)(H,20,21). The summed E-state index contributed by atoms with van der Waals surface area (Å²) in [5, 5.41) is 19.5. The van der Waals surface area contributed by atoms with Crippen LogP contribution >= 0.6 is 0 Å². The average Bonchev–Trinajstić information content (AvgIpc) is 2.44. The molecule has 1 rings (SSSR count). The molecular formula is C13H13FN4O3. The first kappa shape index (κ1) is 16.1. The van der Waals surface area contributed by atoms with Crippen molar-refractivity contribution in [2.75, 3.05) is 19.4 Å². The summed E-state index contributed by atoms with van der Waals surface area (Å²) >= 11 is 0. The number of nitriles is 1. The van der Waals surface area contributed by atoms with Gasteiger partial charge in [-0.15, -0.1) is 0 Å². The van der Waals surface area contributed by atoms with Crippen molar-refractivity contribution < 1.29 is 19.1 Å². The lowest BCUT2D eigenvalue weighted by Gasteiger charge is -2.08. The maximum absolute atomic E-state index is 13.0. The van der Waals surface area contributed by atoms with Gasteiger partial charge in [-0.2, -0.15) is 5.26 Å². The zero-order chi connectivity index (χ0) is 16.0. The van der Waals surface area contributed by atoms with Crippen LogP contribution in [0.3, 0.4) is 0 Å². The summed E-state index contributed by atoms with van der Waals surface area (Å²) in [6.07, 6.45) is -1.17. The number of aliphatic imine (C=N–C) groups is 1. The Kier molecular flexibility index (Phi) is 5.37. The summed E-state index contributed by atoms with van der Waals surface area (Å²) in [6.45, 7) is 0. The van der Waals surface area contributed by atoms with Crippen LogP contribution < -0.4 is 5.32 Å². The van der Waals surface area contributed by atoms with Crippen LogP contribution in [0.25, 0.3) is 0 Å². The van der Waals surface area contributed by atoms with Crippen molar-refractivity contribution in [3.8, 4) is 6.07 Å². The molecule has 0 saturated heterocycles. The molecule has 1 atom stereocenters. The van der Waals surface area contributed by atoms with E-state index in [1.54, 1.807) is 19.0 Å². The van der Waals surface area contributed by atoms with E-state index in [1.807, 2.05) is 6.07 Å². The molecule has 0 aromatic heterocycles. The van der Waals surface area contributed by atoms with E-state index >= 15 is 0 Å². The number of nitrogens with one attached hydrogen (secondary N) is 1. The van der Waals surface area contributed by atoms with Gasteiger partial charge in [0.15, 0.2) is 0 Å². The maximum Gasteiger partial charge on any atom is 0.348 e. The molecular weight excluding hydrogens is 279 g/mol. The molecule has 2 N–H and O–H groups in total. The highest BCUT2D eigenvalue weighted by Crippen LogP contribution is 2.22. The molecule has 1 aromatic rings. The average molecular weight is 292 g/mol. The van der Waals surface area contributed by atoms with Crippen LogP contribution in [-0.2, 0) is 9.59 Å². The molecule has 1 unspecified atom stereocenters. The van der Waals surface area contributed by atoms with Gasteiger partial charge in [-0.25, -0.2) is 14.2 Å². The van der Waals surface area contributed by atoms with Crippen molar-refractivity contribution in [2.45, 2.75) is 6.17 Å². The third-order valence-corrected chi connectivity index (χ3v) is 2.26. The van der Waals surface area contributed by atoms with E-state index in [0.717, 1.165) is 0 Å². The molecule has 0 aliphatic carbocycles. The van der Waals surface area contributed by atoms with Crippen molar-refractivity contribution in [1.82, 2.24) is 4.90 Å². The highest BCUT2D eigenvalue weighted by atomic mass is 19.1. The number of carboxylic acid groups (broad SMARTS) is 1. The molecule has 0 bridgehead atoms. The minimum absolute atomic E-state index is 0.115. The van der Waals surface area contributed by atoms with Crippen molar-refractivity contribution in [3.05, 3.63) is 23.8 Å². The summed E-state index contributed by atoms with van der Waals surface area (Å²) < 4.78 is 13.0. The van der Waals surface area contributed by atoms with Gasteiger partial charge in [-0.05, 0) is 18.2 Å². The van der Waals surface area contributed by atoms with Crippen LogP contribution in [-0.4, -0.2) is 48.5 Å². The summed E-state index contributed by atoms with van der Waals surface area (Å²) in [5.41, 5.74) is 0.653. The van der Waals surface area contributed by atoms with Gasteiger partial charge >= 0.3 is 5.97 Å². The normalized spacial score (nSPS) is 11.7. The Morgan fingerprint density at radius 3 is 2.71 bits per heavy atom. The number of benzene rings is 1. The van der Waals surface area contributed by atoms with Gasteiger partial charge in [0.2, 0.25) is 0 Å². The van der Waals surface area contributed by atoms with Gasteiger partial charge in [0.1, 0.15) is 6.07 Å². The predicted octanol–water partition coefficient (Wildman–Crippen LogP) is 1.14. The van der Waals surface area contributed by atoms with Crippen molar-refractivity contribution >= 4 is 29.6 Å². The molecule has 21 heavy (non-hydrogen) atoms.